The standard InChI is InChI=1S/C38H39NO13/c1-20-14-15-24(40)31-26(20)37-18-19-39(3)21(2)38(37,48)17-16-25(32(37)50-31)49-34(45)27(41)28(42)35(46)52-30(23-12-8-5-9-13-23)36(47)51-29(33(43)44)22-10-6-4-7-11-22/h4-16,21,27-30,32,40-42,48H,17-19H2,1-3H3,(H,43,44)/t21-,27-,28-,29+,30+,32+,37+,38-/m1/s1. The number of esters is 3. The average molecular weight is 718 g/mol. The van der Waals surface area contributed by atoms with Gasteiger partial charge in [-0.3, -0.25) is 0 Å². The number of likely N-dealkylation sites (tertiary alicyclic amines) is 1. The Morgan fingerprint density at radius 3 is 2.06 bits per heavy atom. The van der Waals surface area contributed by atoms with Crippen LogP contribution < -0.4 is 4.74 Å². The van der Waals surface area contributed by atoms with Gasteiger partial charge in [0.2, 0.25) is 12.2 Å². The van der Waals surface area contributed by atoms with E-state index in [1.54, 1.807) is 30.3 Å². The highest BCUT2D eigenvalue weighted by molar-refractivity contribution is 5.88. The number of hydrogen-bond donors (Lipinski definition) is 5. The normalized spacial score (nSPS) is 25.8. The zero-order chi connectivity index (χ0) is 37.5. The van der Waals surface area contributed by atoms with E-state index in [2.05, 4.69) is 0 Å². The Kier molecular flexibility index (Phi) is 9.85. The molecule has 0 amide bonds. The molecule has 1 saturated heterocycles. The summed E-state index contributed by atoms with van der Waals surface area (Å²) in [5, 5.41) is 54.5. The number of carboxylic acid groups (broad SMARTS) is 1. The van der Waals surface area contributed by atoms with E-state index in [1.165, 1.54) is 48.5 Å². The van der Waals surface area contributed by atoms with E-state index in [0.717, 1.165) is 5.56 Å². The first-order chi connectivity index (χ1) is 24.7. The van der Waals surface area contributed by atoms with Gasteiger partial charge in [-0.2, -0.15) is 0 Å². The number of aryl methyl sites for hydroxylation is 1. The number of phenols is 1. The minimum absolute atomic E-state index is 0.00259. The number of benzene rings is 3. The second-order valence-electron chi connectivity index (χ2n) is 13.3. The molecule has 52 heavy (non-hydrogen) atoms. The van der Waals surface area contributed by atoms with Gasteiger partial charge in [0.15, 0.2) is 29.8 Å². The highest BCUT2D eigenvalue weighted by atomic mass is 16.6. The van der Waals surface area contributed by atoms with Crippen LogP contribution in [0.3, 0.4) is 0 Å². The smallest absolute Gasteiger partial charge is 0.353 e. The van der Waals surface area contributed by atoms with E-state index in [1.807, 2.05) is 25.8 Å². The van der Waals surface area contributed by atoms with Crippen molar-refractivity contribution in [3.05, 3.63) is 107 Å². The van der Waals surface area contributed by atoms with Crippen molar-refractivity contribution >= 4 is 23.9 Å². The minimum Gasteiger partial charge on any atom is -0.504 e. The SMILES string of the molecule is Cc1ccc(O)c2c1[C@]13CCN(C)[C@H](C)[C@]1(O)CC=C(OC(=O)[C@H](O)[C@@H](O)C(=O)O[C@H](C(=O)O[C@H](C(=O)O)c1ccccc1)c1ccccc1)[C@@H]3O2. The van der Waals surface area contributed by atoms with Gasteiger partial charge in [-0.25, -0.2) is 19.2 Å². The van der Waals surface area contributed by atoms with Crippen molar-refractivity contribution < 1.29 is 63.7 Å². The van der Waals surface area contributed by atoms with Gasteiger partial charge in [0.25, 0.3) is 0 Å². The summed E-state index contributed by atoms with van der Waals surface area (Å²) in [7, 11) is 1.88. The number of rotatable bonds is 10. The van der Waals surface area contributed by atoms with E-state index < -0.39 is 71.5 Å². The molecule has 1 spiro atoms. The van der Waals surface area contributed by atoms with Crippen LogP contribution in [0.25, 0.3) is 0 Å². The first-order valence-corrected chi connectivity index (χ1v) is 16.6. The number of carbonyl (C=O) groups excluding carboxylic acids is 3. The highest BCUT2D eigenvalue weighted by Crippen LogP contribution is 2.62. The maximum atomic E-state index is 13.4. The summed E-state index contributed by atoms with van der Waals surface area (Å²) in [6.07, 6.45) is -8.10. The van der Waals surface area contributed by atoms with Crippen LogP contribution in [0.15, 0.2) is 84.6 Å². The summed E-state index contributed by atoms with van der Waals surface area (Å²) in [4.78, 5) is 53.9. The fraction of sp³-hybridized carbons (Fsp3) is 0.368. The lowest BCUT2D eigenvalue weighted by molar-refractivity contribution is -0.187. The molecule has 1 fully saturated rings. The van der Waals surface area contributed by atoms with Gasteiger partial charge in [0, 0.05) is 29.2 Å². The quantitative estimate of drug-likeness (QED) is 0.151. The number of hydrogen-bond acceptors (Lipinski definition) is 13. The molecular formula is C38H39NO13. The van der Waals surface area contributed by atoms with E-state index in [4.69, 9.17) is 18.9 Å². The van der Waals surface area contributed by atoms with Crippen LogP contribution in [-0.2, 0) is 38.8 Å². The zero-order valence-corrected chi connectivity index (χ0v) is 28.5. The highest BCUT2D eigenvalue weighted by Gasteiger charge is 2.69. The van der Waals surface area contributed by atoms with Crippen molar-refractivity contribution in [3.8, 4) is 11.5 Å². The number of aromatic hydroxyl groups is 1. The van der Waals surface area contributed by atoms with Crippen molar-refractivity contribution in [3.63, 3.8) is 0 Å². The first-order valence-electron chi connectivity index (χ1n) is 16.6. The van der Waals surface area contributed by atoms with E-state index in [9.17, 15) is 44.7 Å². The molecule has 3 aromatic carbocycles. The number of aliphatic hydroxyl groups excluding tert-OH is 2. The Bertz CT molecular complexity index is 1900. The largest absolute Gasteiger partial charge is 0.504 e. The lowest BCUT2D eigenvalue weighted by Gasteiger charge is -2.58. The maximum absolute atomic E-state index is 13.4. The molecule has 6 rings (SSSR count). The van der Waals surface area contributed by atoms with Gasteiger partial charge >= 0.3 is 23.9 Å². The van der Waals surface area contributed by atoms with Crippen molar-refractivity contribution in [2.75, 3.05) is 13.6 Å². The summed E-state index contributed by atoms with van der Waals surface area (Å²) in [6, 6.07) is 17.8. The number of ether oxygens (including phenoxy) is 4. The Labute approximate surface area is 298 Å². The van der Waals surface area contributed by atoms with Crippen LogP contribution in [-0.4, -0.2) is 97.9 Å². The van der Waals surface area contributed by atoms with Crippen molar-refractivity contribution in [2.45, 2.75) is 74.3 Å². The van der Waals surface area contributed by atoms with Crippen LogP contribution in [0.5, 0.6) is 11.5 Å². The molecule has 14 heteroatoms. The van der Waals surface area contributed by atoms with Gasteiger partial charge in [-0.15, -0.1) is 0 Å². The molecule has 1 aliphatic carbocycles. The van der Waals surface area contributed by atoms with Gasteiger partial charge in [0.05, 0.1) is 11.0 Å². The van der Waals surface area contributed by atoms with Crippen LogP contribution >= 0.6 is 0 Å². The van der Waals surface area contributed by atoms with E-state index in [0.29, 0.717) is 18.5 Å². The number of carbonyl (C=O) groups is 4. The number of carboxylic acids is 1. The van der Waals surface area contributed by atoms with E-state index >= 15 is 0 Å². The molecule has 0 unspecified atom stereocenters. The molecule has 3 aliphatic rings. The number of likely N-dealkylation sites (N-methyl/N-ethyl adjacent to an activating group) is 1. The van der Waals surface area contributed by atoms with Gasteiger partial charge in [-0.1, -0.05) is 66.7 Å². The molecule has 5 N–H and O–H groups in total. The van der Waals surface area contributed by atoms with Crippen LogP contribution in [0.2, 0.25) is 0 Å². The van der Waals surface area contributed by atoms with Crippen LogP contribution in [0.4, 0.5) is 0 Å². The van der Waals surface area contributed by atoms with Crippen LogP contribution in [0.1, 0.15) is 54.2 Å². The summed E-state index contributed by atoms with van der Waals surface area (Å²) in [5.41, 5.74) is -1.13. The predicted octanol–water partition coefficient (Wildman–Crippen LogP) is 2.36. The molecule has 274 valence electrons. The fourth-order valence-electron chi connectivity index (χ4n) is 7.57. The summed E-state index contributed by atoms with van der Waals surface area (Å²) in [5.74, 6) is -6.02. The predicted molar refractivity (Wildman–Crippen MR) is 180 cm³/mol. The molecule has 14 nitrogen and oxygen atoms in total. The Hall–Kier alpha value is -5.28. The number of fused-ring (bicyclic) bond motifs is 1. The maximum Gasteiger partial charge on any atom is 0.353 e. The average Bonchev–Trinajstić information content (AvgIpc) is 3.51. The fourth-order valence-corrected chi connectivity index (χ4v) is 7.57. The zero-order valence-electron chi connectivity index (χ0n) is 28.5. The monoisotopic (exact) mass is 717 g/mol. The number of nitrogens with zero attached hydrogens (tertiary/aromatic N) is 1. The second kappa shape index (κ2) is 14.0. The lowest BCUT2D eigenvalue weighted by atomic mass is 9.54. The van der Waals surface area contributed by atoms with Crippen molar-refractivity contribution in [1.29, 1.82) is 0 Å². The molecule has 0 saturated carbocycles. The number of aliphatic hydroxyl groups is 3. The Morgan fingerprint density at radius 2 is 1.44 bits per heavy atom. The third-order valence-corrected chi connectivity index (χ3v) is 10.4. The molecule has 8 atom stereocenters. The Balaban J connectivity index is 1.22. The van der Waals surface area contributed by atoms with Crippen LogP contribution in [0, 0.1) is 6.92 Å². The van der Waals surface area contributed by atoms with Gasteiger partial charge < -0.3 is 49.4 Å². The molecule has 2 heterocycles. The minimum atomic E-state index is -2.57. The Morgan fingerprint density at radius 1 is 0.865 bits per heavy atom. The number of phenolic OH excluding ortho intramolecular Hbond substituents is 1. The third-order valence-electron chi connectivity index (χ3n) is 10.4. The van der Waals surface area contributed by atoms with Crippen molar-refractivity contribution in [2.24, 2.45) is 0 Å². The summed E-state index contributed by atoms with van der Waals surface area (Å²) in [6.45, 7) is 4.21. The molecular weight excluding hydrogens is 678 g/mol. The topological polar surface area (TPSA) is 210 Å². The number of aliphatic carboxylic acids is 1. The molecule has 2 aliphatic heterocycles. The molecule has 3 aromatic rings. The molecule has 0 bridgehead atoms. The number of piperidine rings is 1. The van der Waals surface area contributed by atoms with E-state index in [-0.39, 0.29) is 34.8 Å². The molecule has 0 aromatic heterocycles. The summed E-state index contributed by atoms with van der Waals surface area (Å²) >= 11 is 0. The lowest BCUT2D eigenvalue weighted by Crippen LogP contribution is -2.71. The summed E-state index contributed by atoms with van der Waals surface area (Å²) < 4.78 is 22.3. The van der Waals surface area contributed by atoms with Gasteiger partial charge in [0.1, 0.15) is 5.76 Å². The van der Waals surface area contributed by atoms with Gasteiger partial charge in [-0.05, 0) is 51.6 Å². The third kappa shape index (κ3) is 6.06. The first kappa shape index (κ1) is 36.5. The second-order valence-corrected chi connectivity index (χ2v) is 13.3. The van der Waals surface area contributed by atoms with Crippen molar-refractivity contribution in [1.82, 2.24) is 4.90 Å². The molecule has 0 radical (unpaired) electrons.